The highest BCUT2D eigenvalue weighted by molar-refractivity contribution is 7.89. The molecule has 0 spiro atoms. The minimum Gasteiger partial charge on any atom is -0.337 e. The van der Waals surface area contributed by atoms with E-state index in [1.165, 1.54) is 0 Å². The predicted molar refractivity (Wildman–Crippen MR) is 82.6 cm³/mol. The lowest BCUT2D eigenvalue weighted by molar-refractivity contribution is 0.256. The Morgan fingerprint density at radius 2 is 2.19 bits per heavy atom. The molecule has 0 radical (unpaired) electrons. The number of piperidine rings is 1. The highest BCUT2D eigenvalue weighted by Gasteiger charge is 2.31. The van der Waals surface area contributed by atoms with Gasteiger partial charge in [0.05, 0.1) is 0 Å². The topological polar surface area (TPSA) is 67.2 Å². The highest BCUT2D eigenvalue weighted by atomic mass is 32.2. The minimum atomic E-state index is -3.46. The molecule has 0 aromatic carbocycles. The van der Waals surface area contributed by atoms with Crippen molar-refractivity contribution >= 4 is 10.0 Å². The van der Waals surface area contributed by atoms with Crippen LogP contribution in [0.25, 0.3) is 0 Å². The van der Waals surface area contributed by atoms with E-state index in [-0.39, 0.29) is 5.03 Å². The van der Waals surface area contributed by atoms with Gasteiger partial charge in [-0.1, -0.05) is 13.8 Å². The molecule has 1 aliphatic heterocycles. The third kappa shape index (κ3) is 3.84. The van der Waals surface area contributed by atoms with Crippen molar-refractivity contribution < 1.29 is 8.42 Å². The molecule has 1 aliphatic rings. The van der Waals surface area contributed by atoms with Gasteiger partial charge in [0.1, 0.15) is 5.82 Å². The van der Waals surface area contributed by atoms with Crippen molar-refractivity contribution in [3.63, 3.8) is 0 Å². The second kappa shape index (κ2) is 6.46. The van der Waals surface area contributed by atoms with Gasteiger partial charge in [0.25, 0.3) is 10.0 Å². The van der Waals surface area contributed by atoms with Gasteiger partial charge in [0.2, 0.25) is 0 Å². The third-order valence-corrected chi connectivity index (χ3v) is 5.72. The van der Waals surface area contributed by atoms with Crippen molar-refractivity contribution in [3.05, 3.63) is 12.0 Å². The van der Waals surface area contributed by atoms with E-state index in [0.29, 0.717) is 30.9 Å². The van der Waals surface area contributed by atoms with Crippen LogP contribution < -0.4 is 5.32 Å². The van der Waals surface area contributed by atoms with E-state index in [2.05, 4.69) is 24.1 Å². The summed E-state index contributed by atoms with van der Waals surface area (Å²) in [6, 6.07) is 0.426. The Balaban J connectivity index is 2.09. The molecule has 120 valence electrons. The number of imidazole rings is 1. The van der Waals surface area contributed by atoms with Crippen LogP contribution in [0.1, 0.15) is 32.5 Å². The largest absolute Gasteiger partial charge is 0.337 e. The van der Waals surface area contributed by atoms with Gasteiger partial charge in [-0.3, -0.25) is 0 Å². The molecule has 2 heterocycles. The van der Waals surface area contributed by atoms with Gasteiger partial charge in [0.15, 0.2) is 5.03 Å². The van der Waals surface area contributed by atoms with E-state index in [1.807, 2.05) is 14.0 Å². The van der Waals surface area contributed by atoms with Gasteiger partial charge >= 0.3 is 0 Å². The predicted octanol–water partition coefficient (Wildman–Crippen LogP) is 1.13. The first-order chi connectivity index (χ1) is 9.80. The first-order valence-corrected chi connectivity index (χ1v) is 8.98. The zero-order valence-corrected chi connectivity index (χ0v) is 14.2. The molecular weight excluding hydrogens is 288 g/mol. The van der Waals surface area contributed by atoms with Gasteiger partial charge in [0, 0.05) is 32.4 Å². The van der Waals surface area contributed by atoms with E-state index in [4.69, 9.17) is 0 Å². The van der Waals surface area contributed by atoms with Crippen LogP contribution in [0.3, 0.4) is 0 Å². The monoisotopic (exact) mass is 314 g/mol. The Hall–Kier alpha value is -0.920. The molecule has 1 fully saturated rings. The molecule has 21 heavy (non-hydrogen) atoms. The molecule has 0 saturated carbocycles. The molecule has 1 saturated heterocycles. The average molecular weight is 314 g/mol. The summed E-state index contributed by atoms with van der Waals surface area (Å²) in [6.07, 6.45) is 3.59. The van der Waals surface area contributed by atoms with Crippen LogP contribution >= 0.6 is 0 Å². The van der Waals surface area contributed by atoms with Crippen LogP contribution in [0.5, 0.6) is 0 Å². The van der Waals surface area contributed by atoms with Crippen LogP contribution in [0.2, 0.25) is 0 Å². The summed E-state index contributed by atoms with van der Waals surface area (Å²) in [4.78, 5) is 4.17. The van der Waals surface area contributed by atoms with Crippen molar-refractivity contribution in [1.82, 2.24) is 19.2 Å². The van der Waals surface area contributed by atoms with E-state index in [0.717, 1.165) is 19.4 Å². The number of nitrogens with one attached hydrogen (secondary N) is 1. The first kappa shape index (κ1) is 16.5. The van der Waals surface area contributed by atoms with Crippen LogP contribution in [0.4, 0.5) is 0 Å². The number of nitrogens with zero attached hydrogens (tertiary/aromatic N) is 3. The summed E-state index contributed by atoms with van der Waals surface area (Å²) in [6.45, 7) is 8.06. The van der Waals surface area contributed by atoms with E-state index < -0.39 is 10.0 Å². The zero-order chi connectivity index (χ0) is 15.6. The number of hydrogen-bond acceptors (Lipinski definition) is 4. The third-order valence-electron chi connectivity index (χ3n) is 3.99. The lowest BCUT2D eigenvalue weighted by Gasteiger charge is -2.31. The standard InChI is InChI=1S/C14H26N4O2S/c1-11(2)15-8-13-6-5-7-18(9-13)21(19,20)14-10-17(4)12(3)16-14/h10-11,13,15H,5-9H2,1-4H3. The van der Waals surface area contributed by atoms with Crippen LogP contribution in [-0.2, 0) is 17.1 Å². The quantitative estimate of drug-likeness (QED) is 0.884. The van der Waals surface area contributed by atoms with Crippen LogP contribution in [0, 0.1) is 12.8 Å². The number of aromatic nitrogens is 2. The molecule has 0 bridgehead atoms. The maximum Gasteiger partial charge on any atom is 0.262 e. The number of rotatable bonds is 5. The van der Waals surface area contributed by atoms with Crippen molar-refractivity contribution in [2.45, 2.75) is 44.7 Å². The lowest BCUT2D eigenvalue weighted by Crippen LogP contribution is -2.43. The average Bonchev–Trinajstić information content (AvgIpc) is 2.77. The Kier molecular flexibility index (Phi) is 5.06. The molecule has 1 N–H and O–H groups in total. The van der Waals surface area contributed by atoms with Crippen LogP contribution in [0.15, 0.2) is 11.2 Å². The highest BCUT2D eigenvalue weighted by Crippen LogP contribution is 2.23. The van der Waals surface area contributed by atoms with E-state index >= 15 is 0 Å². The smallest absolute Gasteiger partial charge is 0.262 e. The van der Waals surface area contributed by atoms with Gasteiger partial charge in [-0.05, 0) is 32.2 Å². The second-order valence-electron chi connectivity index (χ2n) is 6.17. The van der Waals surface area contributed by atoms with Crippen molar-refractivity contribution in [2.75, 3.05) is 19.6 Å². The molecule has 1 unspecified atom stereocenters. The van der Waals surface area contributed by atoms with Gasteiger partial charge in [-0.25, -0.2) is 13.4 Å². The summed E-state index contributed by atoms with van der Waals surface area (Å²) in [5.74, 6) is 1.09. The number of hydrogen-bond donors (Lipinski definition) is 1. The van der Waals surface area contributed by atoms with Crippen molar-refractivity contribution in [3.8, 4) is 0 Å². The Labute approximate surface area is 127 Å². The number of sulfonamides is 1. The molecule has 6 nitrogen and oxygen atoms in total. The summed E-state index contributed by atoms with van der Waals surface area (Å²) in [5.41, 5.74) is 0. The van der Waals surface area contributed by atoms with E-state index in [1.54, 1.807) is 15.1 Å². The Morgan fingerprint density at radius 3 is 2.76 bits per heavy atom. The van der Waals surface area contributed by atoms with Crippen molar-refractivity contribution in [2.24, 2.45) is 13.0 Å². The fourth-order valence-corrected chi connectivity index (χ4v) is 4.18. The SMILES string of the molecule is Cc1nc(S(=O)(=O)N2CCCC(CNC(C)C)C2)cn1C. The summed E-state index contributed by atoms with van der Waals surface area (Å²) in [5, 5.41) is 3.57. The second-order valence-corrected chi connectivity index (χ2v) is 8.06. The molecule has 1 aromatic heterocycles. The summed E-state index contributed by atoms with van der Waals surface area (Å²) < 4.78 is 28.7. The number of aryl methyl sites for hydroxylation is 2. The molecule has 2 rings (SSSR count). The van der Waals surface area contributed by atoms with Gasteiger partial charge < -0.3 is 9.88 Å². The molecule has 0 amide bonds. The van der Waals surface area contributed by atoms with Crippen molar-refractivity contribution in [1.29, 1.82) is 0 Å². The Bertz CT molecular complexity index is 560. The molecule has 0 aliphatic carbocycles. The Morgan fingerprint density at radius 1 is 1.48 bits per heavy atom. The summed E-state index contributed by atoms with van der Waals surface area (Å²) in [7, 11) is -1.65. The van der Waals surface area contributed by atoms with E-state index in [9.17, 15) is 8.42 Å². The lowest BCUT2D eigenvalue weighted by atomic mass is 9.99. The molecule has 7 heteroatoms. The normalized spacial score (nSPS) is 21.1. The zero-order valence-electron chi connectivity index (χ0n) is 13.3. The molecular formula is C14H26N4O2S. The maximum absolute atomic E-state index is 12.7. The van der Waals surface area contributed by atoms with Crippen LogP contribution in [-0.4, -0.2) is 48.0 Å². The first-order valence-electron chi connectivity index (χ1n) is 7.54. The van der Waals surface area contributed by atoms with Gasteiger partial charge in [-0.15, -0.1) is 0 Å². The maximum atomic E-state index is 12.7. The fourth-order valence-electron chi connectivity index (χ4n) is 2.60. The minimum absolute atomic E-state index is 0.167. The molecule has 1 atom stereocenters. The summed E-state index contributed by atoms with van der Waals surface area (Å²) >= 11 is 0. The van der Waals surface area contributed by atoms with Gasteiger partial charge in [-0.2, -0.15) is 4.31 Å². The molecule has 1 aromatic rings. The fraction of sp³-hybridized carbons (Fsp3) is 0.786.